The van der Waals surface area contributed by atoms with Gasteiger partial charge in [0.2, 0.25) is 5.91 Å². The van der Waals surface area contributed by atoms with Crippen LogP contribution in [-0.4, -0.2) is 28.1 Å². The van der Waals surface area contributed by atoms with E-state index < -0.39 is 0 Å². The topological polar surface area (TPSA) is 100 Å². The van der Waals surface area contributed by atoms with Crippen molar-refractivity contribution in [3.8, 4) is 10.6 Å². The van der Waals surface area contributed by atoms with Crippen molar-refractivity contribution in [3.63, 3.8) is 0 Å². The molecular formula is C30H26N4O3S2. The molecule has 1 atom stereocenters. The van der Waals surface area contributed by atoms with Crippen molar-refractivity contribution >= 4 is 56.3 Å². The molecule has 39 heavy (non-hydrogen) atoms. The van der Waals surface area contributed by atoms with Gasteiger partial charge in [0.05, 0.1) is 17.8 Å². The maximum absolute atomic E-state index is 13.0. The van der Waals surface area contributed by atoms with Crippen molar-refractivity contribution in [2.75, 3.05) is 10.6 Å². The van der Waals surface area contributed by atoms with Crippen LogP contribution in [0.5, 0.6) is 0 Å². The average Bonchev–Trinajstić information content (AvgIpc) is 3.73. The number of rotatable bonds is 6. The van der Waals surface area contributed by atoms with Gasteiger partial charge in [0.1, 0.15) is 5.01 Å². The summed E-state index contributed by atoms with van der Waals surface area (Å²) in [7, 11) is -0.381. The Labute approximate surface area is 232 Å². The van der Waals surface area contributed by atoms with Crippen molar-refractivity contribution in [1.29, 1.82) is 0 Å². The van der Waals surface area contributed by atoms with Crippen LogP contribution in [0.1, 0.15) is 45.4 Å². The van der Waals surface area contributed by atoms with Gasteiger partial charge < -0.3 is 16.0 Å². The van der Waals surface area contributed by atoms with Gasteiger partial charge in [0.25, 0.3) is 11.8 Å². The number of carbonyl (C=O) groups is 3. The predicted molar refractivity (Wildman–Crippen MR) is 157 cm³/mol. The maximum atomic E-state index is 13.0. The number of nitrogens with one attached hydrogen (secondary N) is 3. The molecule has 9 heteroatoms. The van der Waals surface area contributed by atoms with E-state index in [0.717, 1.165) is 43.8 Å². The van der Waals surface area contributed by atoms with Crippen molar-refractivity contribution in [2.45, 2.75) is 36.1 Å². The molecule has 2 heterocycles. The molecule has 1 aliphatic carbocycles. The van der Waals surface area contributed by atoms with Crippen LogP contribution >= 0.6 is 21.8 Å². The molecule has 3 aromatic carbocycles. The smallest absolute Gasteiger partial charge is 0.256 e. The van der Waals surface area contributed by atoms with Crippen LogP contribution < -0.4 is 16.0 Å². The van der Waals surface area contributed by atoms with Gasteiger partial charge in [-0.25, -0.2) is 4.98 Å². The summed E-state index contributed by atoms with van der Waals surface area (Å²) in [5.41, 5.74) is 3.52. The molecule has 1 unspecified atom stereocenters. The first kappa shape index (κ1) is 25.2. The summed E-state index contributed by atoms with van der Waals surface area (Å²) in [6, 6.07) is 20.7. The van der Waals surface area contributed by atoms with Crippen molar-refractivity contribution in [1.82, 2.24) is 10.3 Å². The van der Waals surface area contributed by atoms with E-state index in [1.807, 2.05) is 61.5 Å². The van der Waals surface area contributed by atoms with Crippen LogP contribution in [-0.2, 0) is 11.3 Å². The molecule has 0 radical (unpaired) electrons. The Balaban J connectivity index is 1.12. The summed E-state index contributed by atoms with van der Waals surface area (Å²) in [5, 5.41) is 11.8. The number of hydrogen-bond donors (Lipinski definition) is 3. The summed E-state index contributed by atoms with van der Waals surface area (Å²) < 4.78 is 0. The summed E-state index contributed by atoms with van der Waals surface area (Å²) in [6.45, 7) is 2.33. The molecule has 3 N–H and O–H groups in total. The fourth-order valence-electron chi connectivity index (χ4n) is 4.45. The van der Waals surface area contributed by atoms with Gasteiger partial charge in [0, 0.05) is 43.6 Å². The first-order chi connectivity index (χ1) is 19.0. The largest absolute Gasteiger partial charge is 0.347 e. The van der Waals surface area contributed by atoms with Crippen LogP contribution in [0.2, 0.25) is 0 Å². The van der Waals surface area contributed by atoms with Gasteiger partial charge in [-0.3, -0.25) is 14.4 Å². The monoisotopic (exact) mass is 554 g/mol. The normalized spacial score (nSPS) is 16.0. The summed E-state index contributed by atoms with van der Waals surface area (Å²) in [5.74, 6) is -0.146. The summed E-state index contributed by atoms with van der Waals surface area (Å²) in [6.07, 6.45) is 3.71. The number of benzene rings is 3. The molecule has 7 nitrogen and oxygen atoms in total. The molecule has 196 valence electrons. The minimum atomic E-state index is -0.381. The van der Waals surface area contributed by atoms with Crippen molar-refractivity contribution in [3.05, 3.63) is 88.9 Å². The number of aromatic nitrogens is 1. The highest BCUT2D eigenvalue weighted by atomic mass is 32.2. The van der Waals surface area contributed by atoms with Gasteiger partial charge in [0.15, 0.2) is 0 Å². The number of amides is 3. The Bertz CT molecular complexity index is 1640. The molecule has 1 fully saturated rings. The first-order valence-corrected chi connectivity index (χ1v) is 14.8. The minimum Gasteiger partial charge on any atom is -0.347 e. The highest BCUT2D eigenvalue weighted by Gasteiger charge is 2.29. The molecule has 6 rings (SSSR count). The molecule has 3 amide bonds. The van der Waals surface area contributed by atoms with Crippen LogP contribution in [0, 0.1) is 5.92 Å². The molecule has 0 spiro atoms. The fraction of sp³-hybridized carbons (Fsp3) is 0.167. The maximum Gasteiger partial charge on any atom is 0.256 e. The lowest BCUT2D eigenvalue weighted by Gasteiger charge is -2.13. The molecule has 1 aromatic heterocycles. The Morgan fingerprint density at radius 2 is 1.87 bits per heavy atom. The van der Waals surface area contributed by atoms with Crippen LogP contribution in [0.4, 0.5) is 11.4 Å². The zero-order chi connectivity index (χ0) is 26.9. The third kappa shape index (κ3) is 5.28. The lowest BCUT2D eigenvalue weighted by atomic mass is 10.1. The second-order valence-electron chi connectivity index (χ2n) is 9.39. The number of fused-ring (bicyclic) bond motifs is 2. The van der Waals surface area contributed by atoms with Crippen LogP contribution in [0.25, 0.3) is 10.6 Å². The standard InChI is InChI=1S/C30H26N4O3S2/c1-2-39-25-6-4-3-5-23(25)29(37)34-24-15-20(11-14-26(24)39)27(35)31-16-22-17-32-30(38-22)19-9-12-21(13-10-19)33-28(36)18-7-8-18/h2-6,9-15,17-18H,7-8,16H2,1H3,(H,31,35)(H,33,36)(H,34,37). The molecular weight excluding hydrogens is 528 g/mol. The molecule has 1 saturated carbocycles. The average molecular weight is 555 g/mol. The van der Waals surface area contributed by atoms with Gasteiger partial charge in [-0.1, -0.05) is 17.5 Å². The summed E-state index contributed by atoms with van der Waals surface area (Å²) >= 11 is 1.51. The Morgan fingerprint density at radius 1 is 1.08 bits per heavy atom. The first-order valence-electron chi connectivity index (χ1n) is 12.7. The zero-order valence-corrected chi connectivity index (χ0v) is 22.8. The zero-order valence-electron chi connectivity index (χ0n) is 21.2. The number of thiazole rings is 1. The number of anilines is 2. The molecule has 2 aliphatic rings. The van der Waals surface area contributed by atoms with E-state index in [1.165, 1.54) is 11.3 Å². The van der Waals surface area contributed by atoms with E-state index >= 15 is 0 Å². The number of nitrogens with zero attached hydrogens (tertiary/aromatic N) is 1. The van der Waals surface area contributed by atoms with Gasteiger partial charge >= 0.3 is 0 Å². The van der Waals surface area contributed by atoms with Gasteiger partial charge in [-0.2, -0.15) is 0 Å². The second-order valence-corrected chi connectivity index (χ2v) is 12.5. The molecule has 0 bridgehead atoms. The third-order valence-corrected chi connectivity index (χ3v) is 9.83. The molecule has 1 aliphatic heterocycles. The lowest BCUT2D eigenvalue weighted by molar-refractivity contribution is -0.117. The van der Waals surface area contributed by atoms with Crippen molar-refractivity contribution in [2.24, 2.45) is 5.92 Å². The molecule has 4 aromatic rings. The summed E-state index contributed by atoms with van der Waals surface area (Å²) in [4.78, 5) is 45.3. The Morgan fingerprint density at radius 3 is 2.64 bits per heavy atom. The van der Waals surface area contributed by atoms with Crippen LogP contribution in [0.3, 0.4) is 0 Å². The van der Waals surface area contributed by atoms with E-state index in [1.54, 1.807) is 18.3 Å². The van der Waals surface area contributed by atoms with E-state index in [-0.39, 0.29) is 34.1 Å². The number of hydrogen-bond acceptors (Lipinski definition) is 5. The second kappa shape index (κ2) is 10.6. The van der Waals surface area contributed by atoms with Gasteiger partial charge in [-0.15, -0.1) is 21.8 Å². The van der Waals surface area contributed by atoms with Crippen LogP contribution in [0.15, 0.2) is 82.7 Å². The minimum absolute atomic E-state index is 0.0842. The van der Waals surface area contributed by atoms with E-state index in [2.05, 4.69) is 26.3 Å². The van der Waals surface area contributed by atoms with E-state index in [0.29, 0.717) is 23.4 Å². The molecule has 0 saturated heterocycles. The lowest BCUT2D eigenvalue weighted by Crippen LogP contribution is -2.22. The Hall–Kier alpha value is -4.08. The predicted octanol–water partition coefficient (Wildman–Crippen LogP) is 6.16. The fourth-order valence-corrected chi connectivity index (χ4v) is 7.23. The van der Waals surface area contributed by atoms with E-state index in [9.17, 15) is 14.4 Å². The SMILES string of the molecule is C/C=S1/c2ccc(C(=O)NCc3cnc(-c4ccc(NC(=O)C5CC5)cc4)s3)cc2NC(=O)c2ccccc21. The highest BCUT2D eigenvalue weighted by molar-refractivity contribution is 8.15. The highest BCUT2D eigenvalue weighted by Crippen LogP contribution is 2.44. The third-order valence-electron chi connectivity index (χ3n) is 6.66. The Kier molecular flexibility index (Phi) is 6.85. The van der Waals surface area contributed by atoms with E-state index in [4.69, 9.17) is 0 Å². The van der Waals surface area contributed by atoms with Crippen molar-refractivity contribution < 1.29 is 14.4 Å². The van der Waals surface area contributed by atoms with Gasteiger partial charge in [-0.05, 0) is 74.4 Å². The number of carbonyl (C=O) groups excluding carboxylic acids is 3. The quantitative estimate of drug-likeness (QED) is 0.248.